The smallest absolute Gasteiger partial charge is 0.248 e. The van der Waals surface area contributed by atoms with Crippen LogP contribution in [0.1, 0.15) is 18.4 Å². The molecule has 9 heteroatoms. The Hall–Kier alpha value is -3.56. The number of hydrogen-bond acceptors (Lipinski definition) is 5. The number of nitrogens with one attached hydrogen (secondary N) is 2. The van der Waals surface area contributed by atoms with Gasteiger partial charge < -0.3 is 10.1 Å². The zero-order valence-corrected chi connectivity index (χ0v) is 17.7. The summed E-state index contributed by atoms with van der Waals surface area (Å²) in [4.78, 5) is 16.2. The van der Waals surface area contributed by atoms with Gasteiger partial charge in [-0.1, -0.05) is 12.1 Å². The summed E-state index contributed by atoms with van der Waals surface area (Å²) in [5.74, 6) is -0.619. The molecular formula is C23H20FN3O4S. The molecule has 0 radical (unpaired) electrons. The zero-order chi connectivity index (χ0) is 22.6. The first-order valence-corrected chi connectivity index (χ1v) is 11.4. The van der Waals surface area contributed by atoms with Crippen LogP contribution in [0.25, 0.3) is 6.08 Å². The SMILES string of the molecule is O=C(/C=C/c1ccc(Oc2cccnc2)c(F)c1)Nc1cccc(S(=O)(=O)NC2CC2)c1. The molecule has 164 valence electrons. The molecule has 1 fully saturated rings. The van der Waals surface area contributed by atoms with Crippen LogP contribution in [0.4, 0.5) is 10.1 Å². The number of nitrogens with zero attached hydrogens (tertiary/aromatic N) is 1. The topological polar surface area (TPSA) is 97.4 Å². The van der Waals surface area contributed by atoms with Gasteiger partial charge in [-0.05, 0) is 66.9 Å². The third-order valence-corrected chi connectivity index (χ3v) is 6.07. The Kier molecular flexibility index (Phi) is 6.29. The maximum atomic E-state index is 14.3. The van der Waals surface area contributed by atoms with E-state index in [2.05, 4.69) is 15.0 Å². The molecule has 1 amide bonds. The molecule has 32 heavy (non-hydrogen) atoms. The molecule has 0 aliphatic heterocycles. The third-order valence-electron chi connectivity index (χ3n) is 4.56. The highest BCUT2D eigenvalue weighted by atomic mass is 32.2. The fraction of sp³-hybridized carbons (Fsp3) is 0.130. The molecule has 1 aliphatic carbocycles. The van der Waals surface area contributed by atoms with E-state index in [1.807, 2.05) is 0 Å². The minimum atomic E-state index is -3.62. The fourth-order valence-electron chi connectivity index (χ4n) is 2.82. The van der Waals surface area contributed by atoms with Gasteiger partial charge in [0, 0.05) is 24.0 Å². The van der Waals surface area contributed by atoms with E-state index in [0.29, 0.717) is 17.0 Å². The van der Waals surface area contributed by atoms with Crippen LogP contribution in [-0.4, -0.2) is 25.4 Å². The van der Waals surface area contributed by atoms with Crippen molar-refractivity contribution in [3.63, 3.8) is 0 Å². The maximum absolute atomic E-state index is 14.3. The molecule has 1 aromatic heterocycles. The van der Waals surface area contributed by atoms with Gasteiger partial charge in [0.25, 0.3) is 0 Å². The van der Waals surface area contributed by atoms with Gasteiger partial charge in [-0.2, -0.15) is 0 Å². The lowest BCUT2D eigenvalue weighted by Crippen LogP contribution is -2.25. The van der Waals surface area contributed by atoms with Crippen molar-refractivity contribution >= 4 is 27.7 Å². The minimum Gasteiger partial charge on any atom is -0.453 e. The Morgan fingerprint density at radius 2 is 1.97 bits per heavy atom. The summed E-state index contributed by atoms with van der Waals surface area (Å²) >= 11 is 0. The lowest BCUT2D eigenvalue weighted by Gasteiger charge is -2.08. The van der Waals surface area contributed by atoms with E-state index in [1.54, 1.807) is 36.5 Å². The summed E-state index contributed by atoms with van der Waals surface area (Å²) < 4.78 is 47.0. The van der Waals surface area contributed by atoms with E-state index < -0.39 is 21.7 Å². The standard InChI is InChI=1S/C23H20FN3O4S/c24-21-13-16(6-10-22(21)31-19-4-2-12-25-15-19)7-11-23(28)26-18-3-1-5-20(14-18)32(29,30)27-17-8-9-17/h1-7,10-15,17,27H,8-9H2,(H,26,28)/b11-7+. The number of hydrogen-bond donors (Lipinski definition) is 2. The van der Waals surface area contributed by atoms with Crippen LogP contribution in [-0.2, 0) is 14.8 Å². The molecule has 2 N–H and O–H groups in total. The quantitative estimate of drug-likeness (QED) is 0.501. The average molecular weight is 453 g/mol. The van der Waals surface area contributed by atoms with Crippen LogP contribution >= 0.6 is 0 Å². The predicted molar refractivity (Wildman–Crippen MR) is 118 cm³/mol. The molecular weight excluding hydrogens is 433 g/mol. The van der Waals surface area contributed by atoms with E-state index >= 15 is 0 Å². The first kappa shape index (κ1) is 21.7. The Morgan fingerprint density at radius 1 is 1.12 bits per heavy atom. The molecule has 4 rings (SSSR count). The largest absolute Gasteiger partial charge is 0.453 e. The van der Waals surface area contributed by atoms with Crippen molar-refractivity contribution in [2.24, 2.45) is 0 Å². The van der Waals surface area contributed by atoms with Crippen LogP contribution in [0.3, 0.4) is 0 Å². The lowest BCUT2D eigenvalue weighted by atomic mass is 10.2. The van der Waals surface area contributed by atoms with Gasteiger partial charge in [0.15, 0.2) is 11.6 Å². The van der Waals surface area contributed by atoms with Crippen LogP contribution in [0.15, 0.2) is 78.0 Å². The Morgan fingerprint density at radius 3 is 2.69 bits per heavy atom. The summed E-state index contributed by atoms with van der Waals surface area (Å²) in [7, 11) is -3.62. The lowest BCUT2D eigenvalue weighted by molar-refractivity contribution is -0.111. The van der Waals surface area contributed by atoms with Gasteiger partial charge in [0.2, 0.25) is 15.9 Å². The van der Waals surface area contributed by atoms with E-state index in [-0.39, 0.29) is 16.7 Å². The Bertz CT molecular complexity index is 1260. The van der Waals surface area contributed by atoms with Gasteiger partial charge in [-0.25, -0.2) is 17.5 Å². The van der Waals surface area contributed by atoms with Crippen molar-refractivity contribution in [1.29, 1.82) is 0 Å². The number of halogens is 1. The molecule has 0 atom stereocenters. The molecule has 1 saturated carbocycles. The number of amides is 1. The number of anilines is 1. The normalized spacial score (nSPS) is 13.8. The van der Waals surface area contributed by atoms with Crippen LogP contribution < -0.4 is 14.8 Å². The fourth-order valence-corrected chi connectivity index (χ4v) is 4.17. The molecule has 1 heterocycles. The van der Waals surface area contributed by atoms with Crippen molar-refractivity contribution in [2.45, 2.75) is 23.8 Å². The van der Waals surface area contributed by atoms with Crippen molar-refractivity contribution in [2.75, 3.05) is 5.32 Å². The highest BCUT2D eigenvalue weighted by Crippen LogP contribution is 2.25. The molecule has 0 spiro atoms. The van der Waals surface area contributed by atoms with Crippen molar-refractivity contribution in [1.82, 2.24) is 9.71 Å². The molecule has 1 aliphatic rings. The Labute approximate surface area is 185 Å². The average Bonchev–Trinajstić information content (AvgIpc) is 3.58. The van der Waals surface area contributed by atoms with Crippen LogP contribution in [0, 0.1) is 5.82 Å². The number of ether oxygens (including phenoxy) is 1. The molecule has 2 aromatic carbocycles. The number of carbonyl (C=O) groups is 1. The van der Waals surface area contributed by atoms with Crippen molar-refractivity contribution in [3.05, 3.63) is 84.4 Å². The predicted octanol–water partition coefficient (Wildman–Crippen LogP) is 4.11. The number of pyridine rings is 1. The Balaban J connectivity index is 1.39. The van der Waals surface area contributed by atoms with Gasteiger partial charge in [-0.15, -0.1) is 0 Å². The first-order valence-electron chi connectivity index (χ1n) is 9.88. The van der Waals surface area contributed by atoms with Gasteiger partial charge >= 0.3 is 0 Å². The summed E-state index contributed by atoms with van der Waals surface area (Å²) in [6.07, 6.45) is 7.40. The van der Waals surface area contributed by atoms with Gasteiger partial charge in [-0.3, -0.25) is 9.78 Å². The summed E-state index contributed by atoms with van der Waals surface area (Å²) in [6, 6.07) is 13.6. The molecule has 0 unspecified atom stereocenters. The summed E-state index contributed by atoms with van der Waals surface area (Å²) in [6.45, 7) is 0. The number of benzene rings is 2. The van der Waals surface area contributed by atoms with E-state index in [1.165, 1.54) is 42.6 Å². The highest BCUT2D eigenvalue weighted by molar-refractivity contribution is 7.89. The van der Waals surface area contributed by atoms with Gasteiger partial charge in [0.05, 0.1) is 11.1 Å². The minimum absolute atomic E-state index is 0.0114. The number of rotatable bonds is 8. The van der Waals surface area contributed by atoms with E-state index in [9.17, 15) is 17.6 Å². The molecule has 0 bridgehead atoms. The zero-order valence-electron chi connectivity index (χ0n) is 16.9. The third kappa shape index (κ3) is 5.77. The highest BCUT2D eigenvalue weighted by Gasteiger charge is 2.28. The summed E-state index contributed by atoms with van der Waals surface area (Å²) in [5.41, 5.74) is 0.797. The van der Waals surface area contributed by atoms with E-state index in [0.717, 1.165) is 12.8 Å². The van der Waals surface area contributed by atoms with Crippen LogP contribution in [0.2, 0.25) is 0 Å². The van der Waals surface area contributed by atoms with Crippen molar-refractivity contribution < 1.29 is 22.3 Å². The second-order valence-electron chi connectivity index (χ2n) is 7.23. The van der Waals surface area contributed by atoms with Crippen LogP contribution in [0.5, 0.6) is 11.5 Å². The number of aromatic nitrogens is 1. The summed E-state index contributed by atoms with van der Waals surface area (Å²) in [5, 5.41) is 2.61. The number of sulfonamides is 1. The molecule has 0 saturated heterocycles. The van der Waals surface area contributed by atoms with E-state index in [4.69, 9.17) is 4.74 Å². The second kappa shape index (κ2) is 9.29. The van der Waals surface area contributed by atoms with Gasteiger partial charge in [0.1, 0.15) is 5.75 Å². The molecule has 3 aromatic rings. The number of carbonyl (C=O) groups excluding carboxylic acids is 1. The maximum Gasteiger partial charge on any atom is 0.248 e. The monoisotopic (exact) mass is 453 g/mol. The second-order valence-corrected chi connectivity index (χ2v) is 8.94. The van der Waals surface area contributed by atoms with Crippen molar-refractivity contribution in [3.8, 4) is 11.5 Å². The molecule has 7 nitrogen and oxygen atoms in total. The first-order chi connectivity index (χ1) is 15.4.